The normalized spacial score (nSPS) is 8.83. The molecule has 1 N–H and O–H groups in total. The lowest BCUT2D eigenvalue weighted by molar-refractivity contribution is -0.114. The third kappa shape index (κ3) is 4.49. The largest absolute Gasteiger partial charge is 0.450 e. The summed E-state index contributed by atoms with van der Waals surface area (Å²) in [4.78, 5) is 21.5. The number of Topliss-reactive ketones (excluding diaryl/α,β-unsaturated/α-hetero) is 1. The Balaban J connectivity index is 3.61. The SMILES string of the molecule is C=C(C)C(=O)CNC(=O)OCC. The van der Waals surface area contributed by atoms with E-state index in [1.807, 2.05) is 0 Å². The maximum absolute atomic E-state index is 10.9. The number of ketones is 1. The van der Waals surface area contributed by atoms with Gasteiger partial charge in [0.25, 0.3) is 0 Å². The summed E-state index contributed by atoms with van der Waals surface area (Å²) in [5, 5.41) is 2.29. The summed E-state index contributed by atoms with van der Waals surface area (Å²) in [6, 6.07) is 0. The number of rotatable bonds is 4. The molecule has 0 aliphatic rings. The quantitative estimate of drug-likeness (QED) is 0.639. The zero-order chi connectivity index (χ0) is 9.56. The van der Waals surface area contributed by atoms with Crippen LogP contribution >= 0.6 is 0 Å². The third-order valence-electron chi connectivity index (χ3n) is 1.14. The number of ether oxygens (including phenoxy) is 1. The van der Waals surface area contributed by atoms with Crippen LogP contribution in [-0.4, -0.2) is 25.0 Å². The van der Waals surface area contributed by atoms with E-state index >= 15 is 0 Å². The molecule has 12 heavy (non-hydrogen) atoms. The van der Waals surface area contributed by atoms with E-state index in [0.717, 1.165) is 0 Å². The summed E-state index contributed by atoms with van der Waals surface area (Å²) >= 11 is 0. The van der Waals surface area contributed by atoms with Crippen molar-refractivity contribution < 1.29 is 14.3 Å². The first-order valence-corrected chi connectivity index (χ1v) is 3.67. The van der Waals surface area contributed by atoms with E-state index in [9.17, 15) is 9.59 Å². The van der Waals surface area contributed by atoms with Gasteiger partial charge in [0.05, 0.1) is 13.2 Å². The summed E-state index contributed by atoms with van der Waals surface area (Å²) in [7, 11) is 0. The van der Waals surface area contributed by atoms with Crippen molar-refractivity contribution in [1.82, 2.24) is 5.32 Å². The molecule has 0 unspecified atom stereocenters. The van der Waals surface area contributed by atoms with Gasteiger partial charge in [0, 0.05) is 0 Å². The highest BCUT2D eigenvalue weighted by atomic mass is 16.5. The Bertz CT molecular complexity index is 198. The van der Waals surface area contributed by atoms with Crippen LogP contribution < -0.4 is 5.32 Å². The molecule has 1 amide bonds. The van der Waals surface area contributed by atoms with Gasteiger partial charge >= 0.3 is 6.09 Å². The van der Waals surface area contributed by atoms with Crippen LogP contribution in [0.2, 0.25) is 0 Å². The molecule has 0 radical (unpaired) electrons. The van der Waals surface area contributed by atoms with E-state index in [2.05, 4.69) is 16.6 Å². The van der Waals surface area contributed by atoms with Crippen LogP contribution in [0.4, 0.5) is 4.79 Å². The third-order valence-corrected chi connectivity index (χ3v) is 1.14. The van der Waals surface area contributed by atoms with Gasteiger partial charge in [-0.15, -0.1) is 0 Å². The van der Waals surface area contributed by atoms with Crippen LogP contribution in [0.1, 0.15) is 13.8 Å². The second-order valence-electron chi connectivity index (χ2n) is 2.28. The molecule has 0 rings (SSSR count). The average molecular weight is 171 g/mol. The van der Waals surface area contributed by atoms with Gasteiger partial charge in [0.1, 0.15) is 0 Å². The maximum Gasteiger partial charge on any atom is 0.407 e. The molecule has 0 saturated heterocycles. The molecular weight excluding hydrogens is 158 g/mol. The van der Waals surface area contributed by atoms with Gasteiger partial charge in [-0.3, -0.25) is 4.79 Å². The summed E-state index contributed by atoms with van der Waals surface area (Å²) in [6.07, 6.45) is -0.577. The number of alkyl carbamates (subject to hydrolysis) is 1. The topological polar surface area (TPSA) is 55.4 Å². The minimum Gasteiger partial charge on any atom is -0.450 e. The molecule has 0 aromatic carbocycles. The molecule has 0 heterocycles. The lowest BCUT2D eigenvalue weighted by atomic mass is 10.2. The zero-order valence-electron chi connectivity index (χ0n) is 7.35. The standard InChI is InChI=1S/C8H13NO3/c1-4-12-8(11)9-5-7(10)6(2)3/h2,4-5H2,1,3H3,(H,9,11). The van der Waals surface area contributed by atoms with E-state index in [1.54, 1.807) is 13.8 Å². The number of hydrogen-bond acceptors (Lipinski definition) is 3. The van der Waals surface area contributed by atoms with Gasteiger partial charge in [-0.25, -0.2) is 4.79 Å². The first-order valence-electron chi connectivity index (χ1n) is 3.67. The van der Waals surface area contributed by atoms with Gasteiger partial charge in [-0.2, -0.15) is 0 Å². The fourth-order valence-electron chi connectivity index (χ4n) is 0.485. The number of carbonyl (C=O) groups is 2. The van der Waals surface area contributed by atoms with Crippen molar-refractivity contribution in [3.8, 4) is 0 Å². The highest BCUT2D eigenvalue weighted by Crippen LogP contribution is 1.87. The van der Waals surface area contributed by atoms with Crippen molar-refractivity contribution >= 4 is 11.9 Å². The highest BCUT2D eigenvalue weighted by Gasteiger charge is 2.05. The molecule has 4 nitrogen and oxygen atoms in total. The Labute approximate surface area is 71.6 Å². The maximum atomic E-state index is 10.9. The van der Waals surface area contributed by atoms with Gasteiger partial charge < -0.3 is 10.1 Å². The first kappa shape index (κ1) is 10.7. The summed E-state index contributed by atoms with van der Waals surface area (Å²) in [6.45, 7) is 6.98. The van der Waals surface area contributed by atoms with Crippen LogP contribution in [0.15, 0.2) is 12.2 Å². The van der Waals surface area contributed by atoms with E-state index in [4.69, 9.17) is 0 Å². The van der Waals surface area contributed by atoms with E-state index < -0.39 is 6.09 Å². The Morgan fingerprint density at radius 2 is 2.08 bits per heavy atom. The van der Waals surface area contributed by atoms with Crippen molar-refractivity contribution in [1.29, 1.82) is 0 Å². The molecule has 68 valence electrons. The Hall–Kier alpha value is -1.32. The minimum absolute atomic E-state index is 0.0475. The lowest BCUT2D eigenvalue weighted by Gasteiger charge is -2.03. The summed E-state index contributed by atoms with van der Waals surface area (Å²) < 4.78 is 4.54. The van der Waals surface area contributed by atoms with Gasteiger partial charge in [0.15, 0.2) is 5.78 Å². The molecule has 0 aromatic rings. The molecule has 0 saturated carbocycles. The van der Waals surface area contributed by atoms with Gasteiger partial charge in [-0.1, -0.05) is 6.58 Å². The smallest absolute Gasteiger partial charge is 0.407 e. The highest BCUT2D eigenvalue weighted by molar-refractivity contribution is 5.97. The molecular formula is C8H13NO3. The minimum atomic E-state index is -0.577. The molecule has 0 aliphatic heterocycles. The fourth-order valence-corrected chi connectivity index (χ4v) is 0.485. The van der Waals surface area contributed by atoms with Crippen LogP contribution in [-0.2, 0) is 9.53 Å². The van der Waals surface area contributed by atoms with Crippen molar-refractivity contribution in [2.45, 2.75) is 13.8 Å². The predicted octanol–water partition coefficient (Wildman–Crippen LogP) is 0.878. The average Bonchev–Trinajstić information content (AvgIpc) is 2.00. The van der Waals surface area contributed by atoms with E-state index in [0.29, 0.717) is 12.2 Å². The number of amides is 1. The van der Waals surface area contributed by atoms with Crippen molar-refractivity contribution in [2.24, 2.45) is 0 Å². The second kappa shape index (κ2) is 5.35. The lowest BCUT2D eigenvalue weighted by Crippen LogP contribution is -2.30. The summed E-state index contributed by atoms with van der Waals surface area (Å²) in [5.74, 6) is -0.192. The first-order chi connectivity index (χ1) is 5.57. The predicted molar refractivity (Wildman–Crippen MR) is 44.8 cm³/mol. The molecule has 0 aliphatic carbocycles. The molecule has 0 bridgehead atoms. The molecule has 0 atom stereocenters. The van der Waals surface area contributed by atoms with Crippen molar-refractivity contribution in [2.75, 3.05) is 13.2 Å². The van der Waals surface area contributed by atoms with Crippen LogP contribution in [0, 0.1) is 0 Å². The van der Waals surface area contributed by atoms with Crippen molar-refractivity contribution in [3.05, 3.63) is 12.2 Å². The van der Waals surface area contributed by atoms with E-state index in [1.165, 1.54) is 0 Å². The van der Waals surface area contributed by atoms with E-state index in [-0.39, 0.29) is 12.3 Å². The zero-order valence-corrected chi connectivity index (χ0v) is 7.35. The van der Waals surface area contributed by atoms with Crippen LogP contribution in [0.5, 0.6) is 0 Å². The van der Waals surface area contributed by atoms with Gasteiger partial charge in [0.2, 0.25) is 0 Å². The Morgan fingerprint density at radius 1 is 1.50 bits per heavy atom. The molecule has 4 heteroatoms. The molecule has 0 spiro atoms. The monoisotopic (exact) mass is 171 g/mol. The van der Waals surface area contributed by atoms with Gasteiger partial charge in [-0.05, 0) is 19.4 Å². The number of hydrogen-bond donors (Lipinski definition) is 1. The second-order valence-corrected chi connectivity index (χ2v) is 2.28. The fraction of sp³-hybridized carbons (Fsp3) is 0.500. The van der Waals surface area contributed by atoms with Crippen LogP contribution in [0.3, 0.4) is 0 Å². The Morgan fingerprint density at radius 3 is 2.50 bits per heavy atom. The van der Waals surface area contributed by atoms with Crippen molar-refractivity contribution in [3.63, 3.8) is 0 Å². The Kier molecular flexibility index (Phi) is 4.76. The summed E-state index contributed by atoms with van der Waals surface area (Å²) in [5.41, 5.74) is 0.423. The number of carbonyl (C=O) groups excluding carboxylic acids is 2. The number of nitrogens with one attached hydrogen (secondary N) is 1. The molecule has 0 aromatic heterocycles. The van der Waals surface area contributed by atoms with Crippen LogP contribution in [0.25, 0.3) is 0 Å². The molecule has 0 fully saturated rings.